The number of rotatable bonds is 6. The van der Waals surface area contributed by atoms with Crippen molar-refractivity contribution >= 4 is 46.0 Å². The summed E-state index contributed by atoms with van der Waals surface area (Å²) in [6.07, 6.45) is 0.928. The summed E-state index contributed by atoms with van der Waals surface area (Å²) in [4.78, 5) is 39.3. The molecule has 1 fully saturated rings. The van der Waals surface area contributed by atoms with Crippen molar-refractivity contribution < 1.29 is 14.3 Å². The fraction of sp³-hybridized carbons (Fsp3) is 0.320. The number of thioether (sulfide) groups is 1. The van der Waals surface area contributed by atoms with Gasteiger partial charge in [0.25, 0.3) is 5.56 Å². The number of cyclic esters (lactones) is 1. The number of carbonyl (C=O) groups excluding carboxylic acids is 2. The van der Waals surface area contributed by atoms with Gasteiger partial charge in [-0.2, -0.15) is 0 Å². The zero-order valence-corrected chi connectivity index (χ0v) is 19.3. The van der Waals surface area contributed by atoms with E-state index in [9.17, 15) is 14.4 Å². The second kappa shape index (κ2) is 8.48. The van der Waals surface area contributed by atoms with E-state index in [-0.39, 0.29) is 29.7 Å². The summed E-state index contributed by atoms with van der Waals surface area (Å²) in [6.45, 7) is 1.83. The highest BCUT2D eigenvalue weighted by atomic mass is 32.2. The smallest absolute Gasteiger partial charge is 0.414 e. The van der Waals surface area contributed by atoms with Crippen LogP contribution in [0.2, 0.25) is 0 Å². The van der Waals surface area contributed by atoms with Crippen LogP contribution >= 0.6 is 11.8 Å². The molecule has 3 aliphatic heterocycles. The van der Waals surface area contributed by atoms with Gasteiger partial charge in [0.2, 0.25) is 5.91 Å². The highest BCUT2D eigenvalue weighted by molar-refractivity contribution is 8.00. The van der Waals surface area contributed by atoms with E-state index in [4.69, 9.17) is 4.74 Å². The van der Waals surface area contributed by atoms with E-state index in [0.717, 1.165) is 33.6 Å². The largest absolute Gasteiger partial charge is 0.444 e. The Hall–Kier alpha value is -3.30. The molecule has 0 saturated carbocycles. The van der Waals surface area contributed by atoms with Crippen molar-refractivity contribution in [2.75, 3.05) is 35.6 Å². The molecule has 3 aliphatic rings. The summed E-state index contributed by atoms with van der Waals surface area (Å²) >= 11 is 1.49. The monoisotopic (exact) mass is 476 g/mol. The van der Waals surface area contributed by atoms with Crippen LogP contribution in [0, 0.1) is 0 Å². The molecule has 4 heterocycles. The number of fused-ring (bicyclic) bond motifs is 1. The van der Waals surface area contributed by atoms with Gasteiger partial charge in [0.15, 0.2) is 0 Å². The van der Waals surface area contributed by atoms with Gasteiger partial charge in [-0.3, -0.25) is 14.5 Å². The maximum Gasteiger partial charge on any atom is 0.414 e. The number of hydrogen-bond acceptors (Lipinski definition) is 6. The number of anilines is 2. The molecule has 1 aromatic heterocycles. The third kappa shape index (κ3) is 3.74. The second-order valence-electron chi connectivity index (χ2n) is 8.88. The van der Waals surface area contributed by atoms with E-state index in [1.165, 1.54) is 17.3 Å². The number of nitrogens with one attached hydrogen (secondary N) is 2. The van der Waals surface area contributed by atoms with Crippen LogP contribution in [0.4, 0.5) is 16.2 Å². The van der Waals surface area contributed by atoms with Crippen molar-refractivity contribution in [1.29, 1.82) is 0 Å². The van der Waals surface area contributed by atoms with Gasteiger partial charge in [-0.15, -0.1) is 11.8 Å². The summed E-state index contributed by atoms with van der Waals surface area (Å²) in [5.74, 6) is 0.371. The molecular formula is C25H24N4O4S. The number of amides is 2. The molecule has 2 aromatic carbocycles. The van der Waals surface area contributed by atoms with Gasteiger partial charge in [0, 0.05) is 23.2 Å². The third-order valence-electron chi connectivity index (χ3n) is 6.66. The van der Waals surface area contributed by atoms with Crippen LogP contribution < -0.4 is 21.1 Å². The highest BCUT2D eigenvalue weighted by Crippen LogP contribution is 2.35. The van der Waals surface area contributed by atoms with Crippen LogP contribution in [0.5, 0.6) is 0 Å². The number of benzene rings is 2. The first-order chi connectivity index (χ1) is 16.6. The second-order valence-corrected chi connectivity index (χ2v) is 9.90. The van der Waals surface area contributed by atoms with Crippen LogP contribution in [0.3, 0.4) is 0 Å². The van der Waals surface area contributed by atoms with E-state index in [1.807, 2.05) is 41.0 Å². The molecule has 0 bridgehead atoms. The molecule has 0 radical (unpaired) electrons. The first-order valence-electron chi connectivity index (χ1n) is 11.5. The topological polar surface area (TPSA) is 92.7 Å². The Morgan fingerprint density at radius 1 is 1.12 bits per heavy atom. The molecule has 0 aliphatic carbocycles. The minimum atomic E-state index is -0.371. The Labute approximate surface area is 200 Å². The zero-order chi connectivity index (χ0) is 23.2. The highest BCUT2D eigenvalue weighted by Gasteiger charge is 2.33. The van der Waals surface area contributed by atoms with Crippen molar-refractivity contribution in [2.45, 2.75) is 29.9 Å². The standard InChI is InChI=1S/C25H24N4O4S/c30-22-14-34-21-6-5-17(11-20(21)27-22)28-13-19(33-25(28)32)8-9-26-12-18-10-16-3-1-2-15-4-7-23(31)29(18)24(15)16/h1-7,11,18-19,26H,8-10,12-14H2,(H,27,30)/t18-,19+/m0/s1. The molecular weight excluding hydrogens is 452 g/mol. The van der Waals surface area contributed by atoms with E-state index in [1.54, 1.807) is 11.0 Å². The average molecular weight is 477 g/mol. The van der Waals surface area contributed by atoms with Gasteiger partial charge in [-0.25, -0.2) is 4.79 Å². The SMILES string of the molecule is O=C1CSc2ccc(N3C[C@@H](CCNC[C@@H]4Cc5cccc6ccc(=O)n4c56)OC3=O)cc2N1. The number of pyridine rings is 1. The Morgan fingerprint density at radius 3 is 2.94 bits per heavy atom. The van der Waals surface area contributed by atoms with Crippen molar-refractivity contribution in [3.05, 3.63) is 64.4 Å². The van der Waals surface area contributed by atoms with Crippen molar-refractivity contribution in [3.63, 3.8) is 0 Å². The van der Waals surface area contributed by atoms with E-state index in [2.05, 4.69) is 16.7 Å². The summed E-state index contributed by atoms with van der Waals surface area (Å²) in [5.41, 5.74) is 3.74. The first-order valence-corrected chi connectivity index (χ1v) is 12.4. The maximum absolute atomic E-state index is 12.5. The average Bonchev–Trinajstić information content (AvgIpc) is 3.40. The van der Waals surface area contributed by atoms with E-state index in [0.29, 0.717) is 31.8 Å². The quantitative estimate of drug-likeness (QED) is 0.531. The van der Waals surface area contributed by atoms with Crippen LogP contribution in [0.15, 0.2) is 58.2 Å². The van der Waals surface area contributed by atoms with E-state index >= 15 is 0 Å². The van der Waals surface area contributed by atoms with Gasteiger partial charge < -0.3 is 19.9 Å². The minimum Gasteiger partial charge on any atom is -0.444 e. The summed E-state index contributed by atoms with van der Waals surface area (Å²) in [5, 5.41) is 7.41. The number of para-hydroxylation sites is 1. The van der Waals surface area contributed by atoms with Gasteiger partial charge >= 0.3 is 6.09 Å². The molecule has 34 heavy (non-hydrogen) atoms. The molecule has 2 N–H and O–H groups in total. The Kier molecular flexibility index (Phi) is 5.30. The predicted octanol–water partition coefficient (Wildman–Crippen LogP) is 3.15. The first kappa shape index (κ1) is 21.2. The van der Waals surface area contributed by atoms with Gasteiger partial charge in [-0.1, -0.05) is 18.2 Å². The third-order valence-corrected chi connectivity index (χ3v) is 7.73. The summed E-state index contributed by atoms with van der Waals surface area (Å²) in [7, 11) is 0. The van der Waals surface area contributed by atoms with Crippen LogP contribution in [-0.2, 0) is 16.0 Å². The number of hydrogen-bond donors (Lipinski definition) is 2. The normalized spacial score (nSPS) is 21.0. The lowest BCUT2D eigenvalue weighted by molar-refractivity contribution is -0.113. The number of aromatic nitrogens is 1. The zero-order valence-electron chi connectivity index (χ0n) is 18.5. The lowest BCUT2D eigenvalue weighted by Gasteiger charge is -2.20. The molecule has 6 rings (SSSR count). The van der Waals surface area contributed by atoms with Crippen LogP contribution in [0.25, 0.3) is 10.9 Å². The Bertz CT molecular complexity index is 1370. The van der Waals surface area contributed by atoms with Gasteiger partial charge in [-0.05, 0) is 54.6 Å². The predicted molar refractivity (Wildman–Crippen MR) is 132 cm³/mol. The van der Waals surface area contributed by atoms with E-state index < -0.39 is 0 Å². The summed E-state index contributed by atoms with van der Waals surface area (Å²) < 4.78 is 7.49. The van der Waals surface area contributed by atoms with Crippen molar-refractivity contribution in [1.82, 2.24) is 9.88 Å². The Morgan fingerprint density at radius 2 is 2.03 bits per heavy atom. The lowest BCUT2D eigenvalue weighted by Crippen LogP contribution is -2.32. The molecule has 3 aromatic rings. The molecule has 2 amide bonds. The van der Waals surface area contributed by atoms with Gasteiger partial charge in [0.05, 0.1) is 29.5 Å². The lowest BCUT2D eigenvalue weighted by atomic mass is 10.1. The number of ether oxygens (including phenoxy) is 1. The van der Waals surface area contributed by atoms with Crippen LogP contribution in [-0.4, -0.2) is 48.1 Å². The Balaban J connectivity index is 1.05. The molecule has 2 atom stereocenters. The maximum atomic E-state index is 12.5. The summed E-state index contributed by atoms with van der Waals surface area (Å²) in [6, 6.07) is 15.4. The molecule has 8 nitrogen and oxygen atoms in total. The fourth-order valence-corrected chi connectivity index (χ4v) is 5.87. The van der Waals surface area contributed by atoms with Crippen LogP contribution in [0.1, 0.15) is 18.0 Å². The number of carbonyl (C=O) groups is 2. The molecule has 0 unspecified atom stereocenters. The molecule has 1 saturated heterocycles. The minimum absolute atomic E-state index is 0.0317. The molecule has 0 spiro atoms. The number of nitrogens with zero attached hydrogens (tertiary/aromatic N) is 2. The van der Waals surface area contributed by atoms with Crippen molar-refractivity contribution in [2.24, 2.45) is 0 Å². The molecule has 174 valence electrons. The van der Waals surface area contributed by atoms with Crippen molar-refractivity contribution in [3.8, 4) is 0 Å². The molecule has 9 heteroatoms. The van der Waals surface area contributed by atoms with Gasteiger partial charge in [0.1, 0.15) is 6.10 Å². The fourth-order valence-electron chi connectivity index (χ4n) is 5.08.